The van der Waals surface area contributed by atoms with E-state index >= 15 is 0 Å². The van der Waals surface area contributed by atoms with Crippen molar-refractivity contribution in [2.45, 2.75) is 19.4 Å². The Morgan fingerprint density at radius 2 is 1.88 bits per heavy atom. The maximum Gasteiger partial charge on any atom is 0.337 e. The zero-order chi connectivity index (χ0) is 23.1. The molecule has 2 aromatic rings. The maximum atomic E-state index is 12.3. The highest BCUT2D eigenvalue weighted by Gasteiger charge is 2.20. The largest absolute Gasteiger partial charge is 0.480 e. The summed E-state index contributed by atoms with van der Waals surface area (Å²) in [5, 5.41) is 20.5. The number of carbonyl (C=O) groups is 2. The molecule has 0 aromatic heterocycles. The van der Waals surface area contributed by atoms with Gasteiger partial charge in [0.05, 0.1) is 19.2 Å². The minimum atomic E-state index is -0.877. The van der Waals surface area contributed by atoms with Crippen LogP contribution in [0.25, 0.3) is 11.1 Å². The molecule has 1 aliphatic heterocycles. The van der Waals surface area contributed by atoms with Crippen LogP contribution in [0.5, 0.6) is 0 Å². The second-order valence-corrected chi connectivity index (χ2v) is 8.16. The molecule has 5 N–H and O–H groups in total. The van der Waals surface area contributed by atoms with E-state index in [1.165, 1.54) is 7.11 Å². The van der Waals surface area contributed by atoms with Crippen LogP contribution in [0.4, 0.5) is 0 Å². The Kier molecular flexibility index (Phi) is 7.97. The fourth-order valence-electron chi connectivity index (χ4n) is 4.12. The van der Waals surface area contributed by atoms with E-state index in [9.17, 15) is 14.7 Å². The quantitative estimate of drug-likeness (QED) is 0.269. The zero-order valence-corrected chi connectivity index (χ0v) is 18.3. The van der Waals surface area contributed by atoms with Crippen molar-refractivity contribution in [3.05, 3.63) is 59.2 Å². The summed E-state index contributed by atoms with van der Waals surface area (Å²) < 4.78 is 4.93. The highest BCUT2D eigenvalue weighted by molar-refractivity contribution is 5.96. The predicted octanol–water partition coefficient (Wildman–Crippen LogP) is 2.31. The average molecular weight is 439 g/mol. The summed E-state index contributed by atoms with van der Waals surface area (Å²) in [6.07, 6.45) is 2.03. The Bertz CT molecular complexity index is 986. The Balaban J connectivity index is 1.93. The second kappa shape index (κ2) is 10.9. The van der Waals surface area contributed by atoms with E-state index in [0.29, 0.717) is 30.1 Å². The molecular formula is C24H30N4O4. The van der Waals surface area contributed by atoms with E-state index in [4.69, 9.17) is 15.9 Å². The number of aliphatic carboxylic acids is 1. The summed E-state index contributed by atoms with van der Waals surface area (Å²) in [7, 11) is 1.33. The van der Waals surface area contributed by atoms with Crippen molar-refractivity contribution in [2.24, 2.45) is 11.7 Å². The third kappa shape index (κ3) is 6.38. The fraction of sp³-hybridized carbons (Fsp3) is 0.375. The molecule has 1 heterocycles. The van der Waals surface area contributed by atoms with Gasteiger partial charge in [0.25, 0.3) is 0 Å². The van der Waals surface area contributed by atoms with Gasteiger partial charge in [-0.1, -0.05) is 18.2 Å². The molecule has 8 nitrogen and oxygen atoms in total. The zero-order valence-electron chi connectivity index (χ0n) is 18.3. The minimum Gasteiger partial charge on any atom is -0.480 e. The number of esters is 1. The SMILES string of the molecule is COC(=O)c1cc(CN(CC(=O)O)CC2CCNCC2)cc(-c2cccc(C(=N)N)c2)c1. The molecule has 0 saturated carbocycles. The molecule has 8 heteroatoms. The van der Waals surface area contributed by atoms with Crippen molar-refractivity contribution in [1.29, 1.82) is 5.41 Å². The summed E-state index contributed by atoms with van der Waals surface area (Å²) in [5.41, 5.74) is 9.04. The molecule has 0 atom stereocenters. The van der Waals surface area contributed by atoms with Gasteiger partial charge in [-0.2, -0.15) is 0 Å². The van der Waals surface area contributed by atoms with Gasteiger partial charge in [0.2, 0.25) is 0 Å². The number of benzene rings is 2. The molecule has 170 valence electrons. The van der Waals surface area contributed by atoms with Gasteiger partial charge < -0.3 is 20.9 Å². The lowest BCUT2D eigenvalue weighted by molar-refractivity contribution is -0.138. The summed E-state index contributed by atoms with van der Waals surface area (Å²) in [5.74, 6) is -0.937. The number of nitrogens with zero attached hydrogens (tertiary/aromatic N) is 1. The number of hydrogen-bond acceptors (Lipinski definition) is 6. The van der Waals surface area contributed by atoms with Crippen molar-refractivity contribution in [2.75, 3.05) is 33.3 Å². The van der Waals surface area contributed by atoms with Crippen molar-refractivity contribution < 1.29 is 19.4 Å². The van der Waals surface area contributed by atoms with Crippen molar-refractivity contribution in [3.63, 3.8) is 0 Å². The first-order valence-corrected chi connectivity index (χ1v) is 10.7. The fourth-order valence-corrected chi connectivity index (χ4v) is 4.12. The van der Waals surface area contributed by atoms with Crippen LogP contribution in [0.3, 0.4) is 0 Å². The number of nitrogens with one attached hydrogen (secondary N) is 2. The molecule has 1 aliphatic rings. The molecule has 0 radical (unpaired) electrons. The normalized spacial score (nSPS) is 14.3. The number of carboxylic acid groups (broad SMARTS) is 1. The molecule has 2 aromatic carbocycles. The van der Waals surface area contributed by atoms with E-state index in [0.717, 1.165) is 42.6 Å². The van der Waals surface area contributed by atoms with Gasteiger partial charge in [0.15, 0.2) is 0 Å². The lowest BCUT2D eigenvalue weighted by Gasteiger charge is -2.29. The Morgan fingerprint density at radius 1 is 1.16 bits per heavy atom. The maximum absolute atomic E-state index is 12.3. The van der Waals surface area contributed by atoms with Gasteiger partial charge >= 0.3 is 11.9 Å². The van der Waals surface area contributed by atoms with E-state index in [-0.39, 0.29) is 12.4 Å². The van der Waals surface area contributed by atoms with Crippen LogP contribution >= 0.6 is 0 Å². The van der Waals surface area contributed by atoms with Crippen molar-refractivity contribution in [1.82, 2.24) is 10.2 Å². The van der Waals surface area contributed by atoms with Crippen LogP contribution in [0.15, 0.2) is 42.5 Å². The molecular weight excluding hydrogens is 408 g/mol. The number of piperidine rings is 1. The van der Waals surface area contributed by atoms with Crippen LogP contribution in [-0.2, 0) is 16.1 Å². The Morgan fingerprint density at radius 3 is 2.53 bits per heavy atom. The molecule has 0 amide bonds. The molecule has 1 fully saturated rings. The third-order valence-electron chi connectivity index (χ3n) is 5.66. The summed E-state index contributed by atoms with van der Waals surface area (Å²) in [4.78, 5) is 25.7. The summed E-state index contributed by atoms with van der Waals surface area (Å²) in [6, 6.07) is 12.7. The van der Waals surface area contributed by atoms with Crippen molar-refractivity contribution >= 4 is 17.8 Å². The van der Waals surface area contributed by atoms with E-state index in [1.54, 1.807) is 24.3 Å². The molecule has 0 bridgehead atoms. The number of amidine groups is 1. The van der Waals surface area contributed by atoms with Crippen molar-refractivity contribution in [3.8, 4) is 11.1 Å². The number of nitrogens with two attached hydrogens (primary N) is 1. The molecule has 32 heavy (non-hydrogen) atoms. The van der Waals surface area contributed by atoms with Gasteiger partial charge in [-0.05, 0) is 72.8 Å². The van der Waals surface area contributed by atoms with Crippen LogP contribution < -0.4 is 11.1 Å². The molecule has 1 saturated heterocycles. The number of carbonyl (C=O) groups excluding carboxylic acids is 1. The first-order valence-electron chi connectivity index (χ1n) is 10.7. The van der Waals surface area contributed by atoms with Crippen LogP contribution in [0, 0.1) is 11.3 Å². The van der Waals surface area contributed by atoms with Crippen LogP contribution in [0.2, 0.25) is 0 Å². The Labute approximate surface area is 187 Å². The highest BCUT2D eigenvalue weighted by atomic mass is 16.5. The number of nitrogen functional groups attached to an aromatic ring is 1. The lowest BCUT2D eigenvalue weighted by atomic mass is 9.96. The number of carboxylic acids is 1. The van der Waals surface area contributed by atoms with Gasteiger partial charge in [-0.25, -0.2) is 4.79 Å². The Hall–Kier alpha value is -3.23. The monoisotopic (exact) mass is 438 g/mol. The van der Waals surface area contributed by atoms with E-state index in [2.05, 4.69) is 5.32 Å². The van der Waals surface area contributed by atoms with Gasteiger partial charge in [0.1, 0.15) is 5.84 Å². The minimum absolute atomic E-state index is 0.0363. The first-order chi connectivity index (χ1) is 15.4. The van der Waals surface area contributed by atoms with Gasteiger partial charge in [0, 0.05) is 18.7 Å². The number of ether oxygens (including phenoxy) is 1. The molecule has 3 rings (SSSR count). The van der Waals surface area contributed by atoms with E-state index < -0.39 is 11.9 Å². The number of rotatable bonds is 9. The van der Waals surface area contributed by atoms with Gasteiger partial charge in [-0.3, -0.25) is 15.1 Å². The average Bonchev–Trinajstić information content (AvgIpc) is 2.78. The standard InChI is InChI=1S/C24H30N4O4/c1-32-24(31)21-10-17(9-20(12-21)18-3-2-4-19(11-18)23(25)26)14-28(15-22(29)30)13-16-5-7-27-8-6-16/h2-4,9-12,16,27H,5-8,13-15H2,1H3,(H3,25,26)(H,29,30). The van der Waals surface area contributed by atoms with Crippen LogP contribution in [-0.4, -0.2) is 61.1 Å². The predicted molar refractivity (Wildman–Crippen MR) is 123 cm³/mol. The highest BCUT2D eigenvalue weighted by Crippen LogP contribution is 2.25. The third-order valence-corrected chi connectivity index (χ3v) is 5.66. The topological polar surface area (TPSA) is 129 Å². The first kappa shape index (κ1) is 23.4. The summed E-state index contributed by atoms with van der Waals surface area (Å²) in [6.45, 7) is 2.91. The number of methoxy groups -OCH3 is 1. The molecule has 0 unspecified atom stereocenters. The second-order valence-electron chi connectivity index (χ2n) is 8.16. The van der Waals surface area contributed by atoms with Gasteiger partial charge in [-0.15, -0.1) is 0 Å². The summed E-state index contributed by atoms with van der Waals surface area (Å²) >= 11 is 0. The molecule has 0 spiro atoms. The molecule has 0 aliphatic carbocycles. The lowest BCUT2D eigenvalue weighted by Crippen LogP contribution is -2.38. The van der Waals surface area contributed by atoms with Crippen LogP contribution in [0.1, 0.15) is 34.3 Å². The van der Waals surface area contributed by atoms with E-state index in [1.807, 2.05) is 23.1 Å². The number of hydrogen-bond donors (Lipinski definition) is 4. The smallest absolute Gasteiger partial charge is 0.337 e.